The number of esters is 1. The second-order valence-corrected chi connectivity index (χ2v) is 5.75. The van der Waals surface area contributed by atoms with Crippen molar-refractivity contribution in [3.05, 3.63) is 35.0 Å². The Kier molecular flexibility index (Phi) is 5.55. The lowest BCUT2D eigenvalue weighted by Crippen LogP contribution is -2.30. The van der Waals surface area contributed by atoms with Crippen LogP contribution in [0.15, 0.2) is 29.5 Å². The molecule has 10 nitrogen and oxygen atoms in total. The zero-order chi connectivity index (χ0) is 19.4. The number of methoxy groups -OCH3 is 3. The van der Waals surface area contributed by atoms with Crippen LogP contribution in [0.2, 0.25) is 0 Å². The van der Waals surface area contributed by atoms with Gasteiger partial charge < -0.3 is 24.3 Å². The van der Waals surface area contributed by atoms with E-state index in [1.165, 1.54) is 4.68 Å². The molecule has 0 saturated heterocycles. The number of nitrogens with zero attached hydrogens (tertiary/aromatic N) is 4. The number of benzene rings is 1. The topological polar surface area (TPSA) is 110 Å². The Bertz CT molecular complexity index is 863. The third kappa shape index (κ3) is 3.56. The number of carbonyl (C=O) groups excluding carboxylic acids is 1. The smallest absolute Gasteiger partial charge is 0.338 e. The summed E-state index contributed by atoms with van der Waals surface area (Å²) >= 11 is 0. The molecule has 0 saturated carbocycles. The van der Waals surface area contributed by atoms with Gasteiger partial charge in [0.1, 0.15) is 24.1 Å². The molecule has 0 fully saturated rings. The van der Waals surface area contributed by atoms with Gasteiger partial charge in [-0.3, -0.25) is 0 Å². The van der Waals surface area contributed by atoms with Crippen molar-refractivity contribution >= 4 is 11.9 Å². The van der Waals surface area contributed by atoms with Gasteiger partial charge in [0, 0.05) is 24.4 Å². The van der Waals surface area contributed by atoms with Crippen LogP contribution in [0.25, 0.3) is 0 Å². The maximum absolute atomic E-state index is 12.8. The van der Waals surface area contributed by atoms with Gasteiger partial charge in [-0.2, -0.15) is 4.68 Å². The molecule has 1 aliphatic heterocycles. The van der Waals surface area contributed by atoms with Crippen molar-refractivity contribution in [2.24, 2.45) is 0 Å². The van der Waals surface area contributed by atoms with Crippen molar-refractivity contribution in [1.29, 1.82) is 0 Å². The molecular weight excluding hydrogens is 354 g/mol. The molecule has 144 valence electrons. The fourth-order valence-corrected chi connectivity index (χ4v) is 2.90. The number of nitrogens with one attached hydrogen (secondary N) is 1. The summed E-state index contributed by atoms with van der Waals surface area (Å²) in [5, 5.41) is 14.7. The number of allylic oxidation sites excluding steroid dienone is 1. The minimum absolute atomic E-state index is 0.140. The van der Waals surface area contributed by atoms with E-state index in [1.807, 2.05) is 6.07 Å². The van der Waals surface area contributed by atoms with E-state index in [4.69, 9.17) is 18.9 Å². The molecule has 0 unspecified atom stereocenters. The Morgan fingerprint density at radius 1 is 1.22 bits per heavy atom. The highest BCUT2D eigenvalue weighted by atomic mass is 16.6. The first kappa shape index (κ1) is 18.6. The van der Waals surface area contributed by atoms with Gasteiger partial charge in [-0.25, -0.2) is 4.79 Å². The predicted octanol–water partition coefficient (Wildman–Crippen LogP) is 1.17. The number of tetrazole rings is 1. The average molecular weight is 375 g/mol. The van der Waals surface area contributed by atoms with E-state index in [9.17, 15) is 4.79 Å². The number of carbonyl (C=O) groups is 1. The van der Waals surface area contributed by atoms with Crippen LogP contribution in [0.1, 0.15) is 18.5 Å². The molecule has 27 heavy (non-hydrogen) atoms. The first-order valence-corrected chi connectivity index (χ1v) is 8.24. The molecular formula is C17H21N5O5. The molecule has 1 aromatic carbocycles. The second kappa shape index (κ2) is 8.04. The second-order valence-electron chi connectivity index (χ2n) is 5.75. The molecule has 1 N–H and O–H groups in total. The predicted molar refractivity (Wildman–Crippen MR) is 94.7 cm³/mol. The molecule has 0 radical (unpaired) electrons. The van der Waals surface area contributed by atoms with Crippen LogP contribution in [-0.2, 0) is 14.3 Å². The lowest BCUT2D eigenvalue weighted by atomic mass is 9.95. The highest BCUT2D eigenvalue weighted by Gasteiger charge is 2.36. The van der Waals surface area contributed by atoms with Crippen molar-refractivity contribution in [2.75, 3.05) is 39.9 Å². The van der Waals surface area contributed by atoms with Gasteiger partial charge in [-0.1, -0.05) is 5.10 Å². The summed E-state index contributed by atoms with van der Waals surface area (Å²) in [4.78, 5) is 12.8. The Morgan fingerprint density at radius 2 is 2.04 bits per heavy atom. The zero-order valence-corrected chi connectivity index (χ0v) is 15.6. The Balaban J connectivity index is 2.08. The Labute approximate surface area is 156 Å². The minimum Gasteiger partial charge on any atom is -0.497 e. The van der Waals surface area contributed by atoms with Crippen LogP contribution in [-0.4, -0.2) is 60.7 Å². The van der Waals surface area contributed by atoms with Crippen molar-refractivity contribution in [1.82, 2.24) is 20.2 Å². The highest BCUT2D eigenvalue weighted by molar-refractivity contribution is 5.92. The molecule has 0 aliphatic carbocycles. The summed E-state index contributed by atoms with van der Waals surface area (Å²) in [5.74, 6) is 1.11. The molecule has 0 spiro atoms. The number of anilines is 1. The molecule has 1 atom stereocenters. The van der Waals surface area contributed by atoms with Crippen LogP contribution in [0, 0.1) is 0 Å². The van der Waals surface area contributed by atoms with Crippen molar-refractivity contribution in [3.8, 4) is 11.5 Å². The van der Waals surface area contributed by atoms with Gasteiger partial charge >= 0.3 is 5.97 Å². The van der Waals surface area contributed by atoms with Gasteiger partial charge in [0.05, 0.1) is 26.4 Å². The maximum atomic E-state index is 12.8. The largest absolute Gasteiger partial charge is 0.497 e. The number of hydrogen-bond donors (Lipinski definition) is 1. The molecule has 0 amide bonds. The quantitative estimate of drug-likeness (QED) is 0.563. The fraction of sp³-hybridized carbons (Fsp3) is 0.412. The summed E-state index contributed by atoms with van der Waals surface area (Å²) in [6.45, 7) is 2.22. The number of hydrogen-bond acceptors (Lipinski definition) is 9. The normalized spacial score (nSPS) is 15.8. The number of ether oxygens (including phenoxy) is 4. The van der Waals surface area contributed by atoms with E-state index in [2.05, 4.69) is 20.8 Å². The van der Waals surface area contributed by atoms with Gasteiger partial charge in [-0.05, 0) is 29.5 Å². The van der Waals surface area contributed by atoms with Gasteiger partial charge in [0.15, 0.2) is 0 Å². The monoisotopic (exact) mass is 375 g/mol. The van der Waals surface area contributed by atoms with E-state index < -0.39 is 12.0 Å². The molecule has 2 heterocycles. The van der Waals surface area contributed by atoms with E-state index in [0.717, 1.165) is 0 Å². The van der Waals surface area contributed by atoms with E-state index in [0.29, 0.717) is 40.9 Å². The lowest BCUT2D eigenvalue weighted by molar-refractivity contribution is -0.140. The SMILES string of the molecule is COCCOC(=O)C1=C(C)Nc2nnnn2[C@H]1c1ccc(OC)cc1OC. The molecule has 3 rings (SSSR count). The molecule has 2 aromatic rings. The van der Waals surface area contributed by atoms with Crippen molar-refractivity contribution in [2.45, 2.75) is 13.0 Å². The van der Waals surface area contributed by atoms with Crippen molar-refractivity contribution in [3.63, 3.8) is 0 Å². The van der Waals surface area contributed by atoms with Crippen LogP contribution in [0.3, 0.4) is 0 Å². The minimum atomic E-state index is -0.618. The van der Waals surface area contributed by atoms with Gasteiger partial charge in [0.2, 0.25) is 5.95 Å². The number of rotatable bonds is 7. The summed E-state index contributed by atoms with van der Waals surface area (Å²) in [5.41, 5.74) is 1.68. The van der Waals surface area contributed by atoms with Crippen LogP contribution in [0.5, 0.6) is 11.5 Å². The fourth-order valence-electron chi connectivity index (χ4n) is 2.90. The first-order valence-electron chi connectivity index (χ1n) is 8.24. The summed E-state index contributed by atoms with van der Waals surface area (Å²) in [7, 11) is 4.66. The van der Waals surface area contributed by atoms with Crippen LogP contribution >= 0.6 is 0 Å². The lowest BCUT2D eigenvalue weighted by Gasteiger charge is -2.28. The maximum Gasteiger partial charge on any atom is 0.338 e. The zero-order valence-electron chi connectivity index (χ0n) is 15.6. The average Bonchev–Trinajstić information content (AvgIpc) is 3.14. The van der Waals surface area contributed by atoms with E-state index >= 15 is 0 Å². The Hall–Kier alpha value is -3.14. The number of fused-ring (bicyclic) bond motifs is 1. The standard InChI is InChI=1S/C17H21N5O5/c1-10-14(16(23)27-8-7-24-2)15(22-17(18-10)19-20-21-22)12-6-5-11(25-3)9-13(12)26-4/h5-6,9,15H,7-8H2,1-4H3,(H,18,19,21)/t15-/m0/s1. The van der Waals surface area contributed by atoms with Gasteiger partial charge in [0.25, 0.3) is 0 Å². The molecule has 1 aliphatic rings. The van der Waals surface area contributed by atoms with Gasteiger partial charge in [-0.15, -0.1) is 0 Å². The highest BCUT2D eigenvalue weighted by Crippen LogP contribution is 2.40. The summed E-state index contributed by atoms with van der Waals surface area (Å²) in [6.07, 6.45) is 0. The van der Waals surface area contributed by atoms with Crippen molar-refractivity contribution < 1.29 is 23.7 Å². The summed E-state index contributed by atoms with van der Waals surface area (Å²) < 4.78 is 22.6. The van der Waals surface area contributed by atoms with E-state index in [1.54, 1.807) is 40.4 Å². The first-order chi connectivity index (χ1) is 13.1. The Morgan fingerprint density at radius 3 is 2.74 bits per heavy atom. The third-order valence-electron chi connectivity index (χ3n) is 4.19. The number of aromatic nitrogens is 4. The van der Waals surface area contributed by atoms with E-state index in [-0.39, 0.29) is 6.61 Å². The molecule has 1 aromatic heterocycles. The molecule has 10 heteroatoms. The molecule has 0 bridgehead atoms. The van der Waals surface area contributed by atoms with Crippen LogP contribution in [0.4, 0.5) is 5.95 Å². The third-order valence-corrected chi connectivity index (χ3v) is 4.19. The van der Waals surface area contributed by atoms with Crippen LogP contribution < -0.4 is 14.8 Å². The summed E-state index contributed by atoms with van der Waals surface area (Å²) in [6, 6.07) is 4.72.